The zero-order chi connectivity index (χ0) is 8.97. The van der Waals surface area contributed by atoms with Gasteiger partial charge in [0.05, 0.1) is 11.8 Å². The van der Waals surface area contributed by atoms with Crippen LogP contribution in [0.4, 0.5) is 0 Å². The van der Waals surface area contributed by atoms with E-state index in [0.717, 1.165) is 6.42 Å². The van der Waals surface area contributed by atoms with Crippen molar-refractivity contribution >= 4 is 29.0 Å². The highest BCUT2D eigenvalue weighted by molar-refractivity contribution is 6.28. The number of hydrogen-bond donors (Lipinski definition) is 0. The summed E-state index contributed by atoms with van der Waals surface area (Å²) in [7, 11) is 0. The number of carbonyl (C=O) groups is 1. The lowest BCUT2D eigenvalue weighted by molar-refractivity contribution is -0.126. The molecule has 0 radical (unpaired) electrons. The van der Waals surface area contributed by atoms with E-state index in [1.807, 2.05) is 6.08 Å². The standard InChI is InChI=1S/C8H10Cl2O2/c9-4-6-2-1-3-8(12-6)7(11)5-10/h2,8H,1,3-5H2/t8-/m1/s1. The highest BCUT2D eigenvalue weighted by atomic mass is 35.5. The number of halogens is 2. The molecule has 0 amide bonds. The minimum Gasteiger partial charge on any atom is -0.486 e. The van der Waals surface area contributed by atoms with E-state index in [-0.39, 0.29) is 17.8 Å². The molecule has 0 saturated carbocycles. The summed E-state index contributed by atoms with van der Waals surface area (Å²) >= 11 is 11.0. The average molecular weight is 209 g/mol. The Morgan fingerprint density at radius 3 is 3.00 bits per heavy atom. The van der Waals surface area contributed by atoms with Gasteiger partial charge in [-0.2, -0.15) is 0 Å². The van der Waals surface area contributed by atoms with Gasteiger partial charge in [-0.25, -0.2) is 0 Å². The van der Waals surface area contributed by atoms with Crippen LogP contribution in [0.1, 0.15) is 12.8 Å². The van der Waals surface area contributed by atoms with Crippen LogP contribution in [0.15, 0.2) is 11.8 Å². The molecule has 0 aromatic heterocycles. The fraction of sp³-hybridized carbons (Fsp3) is 0.625. The maximum Gasteiger partial charge on any atom is 0.187 e. The fourth-order valence-electron chi connectivity index (χ4n) is 1.08. The first-order valence-electron chi connectivity index (χ1n) is 3.78. The second-order valence-corrected chi connectivity index (χ2v) is 3.12. The Hall–Kier alpha value is -0.210. The van der Waals surface area contributed by atoms with Crippen LogP contribution in [0, 0.1) is 0 Å². The smallest absolute Gasteiger partial charge is 0.187 e. The lowest BCUT2D eigenvalue weighted by atomic mass is 10.1. The van der Waals surface area contributed by atoms with Crippen molar-refractivity contribution in [1.29, 1.82) is 0 Å². The molecule has 0 N–H and O–H groups in total. The molecule has 1 heterocycles. The van der Waals surface area contributed by atoms with Gasteiger partial charge in [0.2, 0.25) is 0 Å². The number of hydrogen-bond acceptors (Lipinski definition) is 2. The first-order valence-corrected chi connectivity index (χ1v) is 4.85. The Labute approximate surface area is 81.5 Å². The van der Waals surface area contributed by atoms with Gasteiger partial charge in [0.15, 0.2) is 11.9 Å². The largest absolute Gasteiger partial charge is 0.486 e. The van der Waals surface area contributed by atoms with Gasteiger partial charge in [0, 0.05) is 0 Å². The summed E-state index contributed by atoms with van der Waals surface area (Å²) < 4.78 is 5.28. The van der Waals surface area contributed by atoms with Gasteiger partial charge < -0.3 is 4.74 Å². The van der Waals surface area contributed by atoms with Gasteiger partial charge >= 0.3 is 0 Å². The normalized spacial score (nSPS) is 22.8. The molecule has 0 spiro atoms. The molecular weight excluding hydrogens is 199 g/mol. The predicted octanol–water partition coefficient (Wildman–Crippen LogP) is 2.10. The molecule has 0 aromatic carbocycles. The van der Waals surface area contributed by atoms with Crippen LogP contribution >= 0.6 is 23.2 Å². The molecule has 1 rings (SSSR count). The monoisotopic (exact) mass is 208 g/mol. The number of allylic oxidation sites excluding steroid dienone is 2. The summed E-state index contributed by atoms with van der Waals surface area (Å²) in [6, 6.07) is 0. The summed E-state index contributed by atoms with van der Waals surface area (Å²) in [5.41, 5.74) is 0. The summed E-state index contributed by atoms with van der Waals surface area (Å²) in [5.74, 6) is 0.963. The van der Waals surface area contributed by atoms with E-state index in [4.69, 9.17) is 27.9 Å². The maximum absolute atomic E-state index is 11.1. The van der Waals surface area contributed by atoms with E-state index in [1.54, 1.807) is 0 Å². The predicted molar refractivity (Wildman–Crippen MR) is 48.6 cm³/mol. The molecule has 0 fully saturated rings. The fourth-order valence-corrected chi connectivity index (χ4v) is 1.43. The highest BCUT2D eigenvalue weighted by Crippen LogP contribution is 2.18. The van der Waals surface area contributed by atoms with Crippen molar-refractivity contribution in [2.45, 2.75) is 18.9 Å². The lowest BCUT2D eigenvalue weighted by Gasteiger charge is -2.21. The lowest BCUT2D eigenvalue weighted by Crippen LogP contribution is -2.27. The molecule has 4 heteroatoms. The second kappa shape index (κ2) is 4.73. The van der Waals surface area contributed by atoms with Crippen molar-refractivity contribution in [3.63, 3.8) is 0 Å². The van der Waals surface area contributed by atoms with Crippen molar-refractivity contribution < 1.29 is 9.53 Å². The van der Waals surface area contributed by atoms with Gasteiger partial charge in [-0.05, 0) is 18.9 Å². The maximum atomic E-state index is 11.1. The SMILES string of the molecule is O=C(CCl)[C@H]1CCC=C(CCl)O1. The molecule has 0 bridgehead atoms. The topological polar surface area (TPSA) is 26.3 Å². The Balaban J connectivity index is 2.51. The molecule has 1 aliphatic rings. The van der Waals surface area contributed by atoms with Crippen molar-refractivity contribution in [1.82, 2.24) is 0 Å². The van der Waals surface area contributed by atoms with E-state index in [9.17, 15) is 4.79 Å². The van der Waals surface area contributed by atoms with Gasteiger partial charge in [0.25, 0.3) is 0 Å². The van der Waals surface area contributed by atoms with Crippen LogP contribution in [-0.2, 0) is 9.53 Å². The Kier molecular flexibility index (Phi) is 3.89. The van der Waals surface area contributed by atoms with Crippen LogP contribution in [0.2, 0.25) is 0 Å². The molecule has 12 heavy (non-hydrogen) atoms. The first kappa shape index (κ1) is 9.87. The quantitative estimate of drug-likeness (QED) is 0.665. The number of rotatable bonds is 3. The van der Waals surface area contributed by atoms with Crippen LogP contribution in [-0.4, -0.2) is 23.6 Å². The summed E-state index contributed by atoms with van der Waals surface area (Å²) in [4.78, 5) is 11.1. The number of ether oxygens (including phenoxy) is 1. The molecule has 1 atom stereocenters. The summed E-state index contributed by atoms with van der Waals surface area (Å²) in [5, 5.41) is 0. The van der Waals surface area contributed by atoms with Gasteiger partial charge in [-0.1, -0.05) is 0 Å². The molecule has 0 saturated heterocycles. The Morgan fingerprint density at radius 2 is 2.42 bits per heavy atom. The molecule has 0 aromatic rings. The number of carbonyl (C=O) groups excluding carboxylic acids is 1. The summed E-state index contributed by atoms with van der Waals surface area (Å²) in [6.45, 7) is 0. The van der Waals surface area contributed by atoms with Crippen LogP contribution in [0.25, 0.3) is 0 Å². The van der Waals surface area contributed by atoms with Gasteiger partial charge in [-0.15, -0.1) is 23.2 Å². The van der Waals surface area contributed by atoms with E-state index in [0.29, 0.717) is 18.1 Å². The van der Waals surface area contributed by atoms with Crippen molar-refractivity contribution in [3.8, 4) is 0 Å². The van der Waals surface area contributed by atoms with Crippen LogP contribution in [0.5, 0.6) is 0 Å². The molecule has 0 unspecified atom stereocenters. The third-order valence-electron chi connectivity index (χ3n) is 1.72. The zero-order valence-electron chi connectivity index (χ0n) is 6.56. The van der Waals surface area contributed by atoms with Gasteiger partial charge in [-0.3, -0.25) is 4.79 Å². The minimum absolute atomic E-state index is 0.0141. The number of Topliss-reactive ketones (excluding diaryl/α,β-unsaturated/α-hetero) is 1. The van der Waals surface area contributed by atoms with Gasteiger partial charge in [0.1, 0.15) is 5.76 Å². The average Bonchev–Trinajstić information content (AvgIpc) is 2.17. The Bertz CT molecular complexity index is 201. The van der Waals surface area contributed by atoms with Crippen molar-refractivity contribution in [2.24, 2.45) is 0 Å². The molecule has 0 aliphatic carbocycles. The first-order chi connectivity index (χ1) is 5.77. The van der Waals surface area contributed by atoms with E-state index < -0.39 is 0 Å². The molecule has 2 nitrogen and oxygen atoms in total. The second-order valence-electron chi connectivity index (χ2n) is 2.59. The number of alkyl halides is 2. The van der Waals surface area contributed by atoms with Crippen LogP contribution < -0.4 is 0 Å². The number of ketones is 1. The van der Waals surface area contributed by atoms with E-state index in [1.165, 1.54) is 0 Å². The highest BCUT2D eigenvalue weighted by Gasteiger charge is 2.22. The van der Waals surface area contributed by atoms with Crippen molar-refractivity contribution in [2.75, 3.05) is 11.8 Å². The van der Waals surface area contributed by atoms with Crippen LogP contribution in [0.3, 0.4) is 0 Å². The Morgan fingerprint density at radius 1 is 1.67 bits per heavy atom. The van der Waals surface area contributed by atoms with E-state index in [2.05, 4.69) is 0 Å². The van der Waals surface area contributed by atoms with Crippen molar-refractivity contribution in [3.05, 3.63) is 11.8 Å². The molecular formula is C8H10Cl2O2. The minimum atomic E-state index is -0.374. The zero-order valence-corrected chi connectivity index (χ0v) is 8.07. The van der Waals surface area contributed by atoms with E-state index >= 15 is 0 Å². The molecule has 68 valence electrons. The third kappa shape index (κ3) is 2.39. The third-order valence-corrected chi connectivity index (χ3v) is 2.24. The molecule has 1 aliphatic heterocycles. The summed E-state index contributed by atoms with van der Waals surface area (Å²) in [6.07, 6.45) is 3.09.